The van der Waals surface area contributed by atoms with E-state index in [2.05, 4.69) is 4.74 Å². The van der Waals surface area contributed by atoms with Crippen molar-refractivity contribution in [2.24, 2.45) is 0 Å². The lowest BCUT2D eigenvalue weighted by atomic mass is 10.4. The third-order valence-electron chi connectivity index (χ3n) is 1.54. The molecule has 0 unspecified atom stereocenters. The molecule has 0 aromatic carbocycles. The Morgan fingerprint density at radius 3 is 2.44 bits per heavy atom. The molecule has 0 aromatic heterocycles. The third kappa shape index (κ3) is 1.34. The molecule has 1 heterocycles. The molecule has 0 bridgehead atoms. The van der Waals surface area contributed by atoms with Gasteiger partial charge in [-0.25, -0.2) is 4.79 Å². The van der Waals surface area contributed by atoms with Gasteiger partial charge in [0, 0.05) is 13.1 Å². The summed E-state index contributed by atoms with van der Waals surface area (Å²) in [7, 11) is 1.42. The van der Waals surface area contributed by atoms with Crippen molar-refractivity contribution in [3.8, 4) is 0 Å². The zero-order chi connectivity index (χ0) is 6.69. The zero-order valence-electron chi connectivity index (χ0n) is 5.59. The average molecular weight is 129 g/mol. The van der Waals surface area contributed by atoms with E-state index in [0.29, 0.717) is 0 Å². The van der Waals surface area contributed by atoms with E-state index in [1.807, 2.05) is 0 Å². The van der Waals surface area contributed by atoms with Crippen LogP contribution in [-0.2, 0) is 4.74 Å². The van der Waals surface area contributed by atoms with E-state index in [1.165, 1.54) is 7.11 Å². The van der Waals surface area contributed by atoms with Crippen LogP contribution in [0, 0.1) is 0 Å². The number of nitrogens with zero attached hydrogens (tertiary/aromatic N) is 1. The van der Waals surface area contributed by atoms with Crippen LogP contribution in [0.1, 0.15) is 12.8 Å². The Balaban J connectivity index is 2.32. The van der Waals surface area contributed by atoms with E-state index < -0.39 is 0 Å². The minimum absolute atomic E-state index is 0.187. The van der Waals surface area contributed by atoms with Gasteiger partial charge >= 0.3 is 6.09 Å². The normalized spacial score (nSPS) is 18.1. The van der Waals surface area contributed by atoms with Gasteiger partial charge in [0.15, 0.2) is 0 Å². The molecule has 0 aliphatic carbocycles. The van der Waals surface area contributed by atoms with Gasteiger partial charge in [0.1, 0.15) is 0 Å². The smallest absolute Gasteiger partial charge is 0.409 e. The van der Waals surface area contributed by atoms with Crippen LogP contribution in [0.2, 0.25) is 0 Å². The van der Waals surface area contributed by atoms with Crippen LogP contribution < -0.4 is 0 Å². The predicted molar refractivity (Wildman–Crippen MR) is 33.2 cm³/mol. The molecular weight excluding hydrogens is 118 g/mol. The van der Waals surface area contributed by atoms with Crippen LogP contribution in [0.5, 0.6) is 0 Å². The summed E-state index contributed by atoms with van der Waals surface area (Å²) in [5, 5.41) is 0. The molecule has 1 saturated heterocycles. The topological polar surface area (TPSA) is 29.5 Å². The van der Waals surface area contributed by atoms with Gasteiger partial charge in [-0.05, 0) is 12.8 Å². The van der Waals surface area contributed by atoms with Crippen LogP contribution in [-0.4, -0.2) is 31.2 Å². The van der Waals surface area contributed by atoms with Crippen molar-refractivity contribution in [3.05, 3.63) is 0 Å². The molecule has 3 nitrogen and oxygen atoms in total. The van der Waals surface area contributed by atoms with Crippen LogP contribution in [0.25, 0.3) is 0 Å². The largest absolute Gasteiger partial charge is 0.453 e. The van der Waals surface area contributed by atoms with E-state index in [-0.39, 0.29) is 6.09 Å². The first-order valence-corrected chi connectivity index (χ1v) is 3.17. The Hall–Kier alpha value is -0.730. The predicted octanol–water partition coefficient (Wildman–Crippen LogP) is 0.849. The summed E-state index contributed by atoms with van der Waals surface area (Å²) >= 11 is 0. The summed E-state index contributed by atoms with van der Waals surface area (Å²) in [5.74, 6) is 0. The molecule has 0 spiro atoms. The molecule has 1 fully saturated rings. The van der Waals surface area contributed by atoms with E-state index in [1.54, 1.807) is 4.90 Å². The van der Waals surface area contributed by atoms with Crippen LogP contribution in [0.4, 0.5) is 4.79 Å². The fraction of sp³-hybridized carbons (Fsp3) is 0.833. The summed E-state index contributed by atoms with van der Waals surface area (Å²) in [4.78, 5) is 12.4. The molecule has 1 aliphatic heterocycles. The lowest BCUT2D eigenvalue weighted by Gasteiger charge is -2.11. The van der Waals surface area contributed by atoms with E-state index in [0.717, 1.165) is 25.9 Å². The van der Waals surface area contributed by atoms with Gasteiger partial charge in [0.05, 0.1) is 7.11 Å². The fourth-order valence-corrected chi connectivity index (χ4v) is 1.03. The Bertz CT molecular complexity index is 108. The van der Waals surface area contributed by atoms with Crippen molar-refractivity contribution in [1.29, 1.82) is 0 Å². The van der Waals surface area contributed by atoms with Crippen LogP contribution in [0.3, 0.4) is 0 Å². The number of likely N-dealkylation sites (tertiary alicyclic amines) is 1. The molecule has 0 radical (unpaired) electrons. The number of ether oxygens (including phenoxy) is 1. The highest BCUT2D eigenvalue weighted by atomic mass is 16.5. The highest BCUT2D eigenvalue weighted by Crippen LogP contribution is 2.07. The summed E-state index contributed by atoms with van der Waals surface area (Å²) < 4.78 is 4.52. The maximum Gasteiger partial charge on any atom is 0.409 e. The van der Waals surface area contributed by atoms with Crippen molar-refractivity contribution >= 4 is 6.09 Å². The number of rotatable bonds is 0. The molecule has 9 heavy (non-hydrogen) atoms. The quantitative estimate of drug-likeness (QED) is 0.485. The molecule has 1 aliphatic rings. The van der Waals surface area contributed by atoms with Crippen LogP contribution >= 0.6 is 0 Å². The van der Waals surface area contributed by atoms with Crippen LogP contribution in [0.15, 0.2) is 0 Å². The summed E-state index contributed by atoms with van der Waals surface area (Å²) in [6.07, 6.45) is 2.05. The first-order valence-electron chi connectivity index (χ1n) is 3.17. The van der Waals surface area contributed by atoms with E-state index >= 15 is 0 Å². The fourth-order valence-electron chi connectivity index (χ4n) is 1.03. The Labute approximate surface area is 54.6 Å². The molecule has 3 heteroatoms. The summed E-state index contributed by atoms with van der Waals surface area (Å²) in [6, 6.07) is 0. The Kier molecular flexibility index (Phi) is 1.92. The van der Waals surface area contributed by atoms with Gasteiger partial charge in [-0.1, -0.05) is 0 Å². The molecule has 0 saturated carbocycles. The zero-order valence-corrected chi connectivity index (χ0v) is 5.59. The van der Waals surface area contributed by atoms with Crippen molar-refractivity contribution in [2.45, 2.75) is 12.8 Å². The highest BCUT2D eigenvalue weighted by Gasteiger charge is 2.17. The molecule has 52 valence electrons. The Morgan fingerprint density at radius 1 is 1.44 bits per heavy atom. The minimum atomic E-state index is -0.187. The average Bonchev–Trinajstić information content (AvgIpc) is 2.37. The maximum absolute atomic E-state index is 10.7. The summed E-state index contributed by atoms with van der Waals surface area (Å²) in [6.45, 7) is 1.74. The van der Waals surface area contributed by atoms with E-state index in [9.17, 15) is 4.79 Å². The number of amides is 1. The first-order chi connectivity index (χ1) is 4.34. The SMILES string of the molecule is COC(=O)N1CCCC1. The number of carbonyl (C=O) groups excluding carboxylic acids is 1. The van der Waals surface area contributed by atoms with Gasteiger partial charge < -0.3 is 9.64 Å². The third-order valence-corrected chi connectivity index (χ3v) is 1.54. The molecule has 1 rings (SSSR count). The minimum Gasteiger partial charge on any atom is -0.453 e. The summed E-state index contributed by atoms with van der Waals surface area (Å²) in [5.41, 5.74) is 0. The standard InChI is InChI=1S/C6H11NO2/c1-9-6(8)7-4-2-3-5-7/h2-5H2,1H3. The monoisotopic (exact) mass is 129 g/mol. The molecule has 0 aromatic rings. The maximum atomic E-state index is 10.7. The van der Waals surface area contributed by atoms with Gasteiger partial charge in [0.25, 0.3) is 0 Å². The van der Waals surface area contributed by atoms with Gasteiger partial charge in [-0.2, -0.15) is 0 Å². The number of hydrogen-bond acceptors (Lipinski definition) is 2. The van der Waals surface area contributed by atoms with Gasteiger partial charge in [-0.15, -0.1) is 0 Å². The van der Waals surface area contributed by atoms with Crippen molar-refractivity contribution in [3.63, 3.8) is 0 Å². The molecule has 0 N–H and O–H groups in total. The highest BCUT2D eigenvalue weighted by molar-refractivity contribution is 5.67. The van der Waals surface area contributed by atoms with E-state index in [4.69, 9.17) is 0 Å². The van der Waals surface area contributed by atoms with Gasteiger partial charge in [0.2, 0.25) is 0 Å². The molecular formula is C6H11NO2. The Morgan fingerprint density at radius 2 is 2.00 bits per heavy atom. The van der Waals surface area contributed by atoms with Crippen molar-refractivity contribution in [2.75, 3.05) is 20.2 Å². The van der Waals surface area contributed by atoms with Gasteiger partial charge in [-0.3, -0.25) is 0 Å². The second-order valence-corrected chi connectivity index (χ2v) is 2.16. The molecule has 0 atom stereocenters. The number of carbonyl (C=O) groups is 1. The first kappa shape index (κ1) is 6.39. The molecule has 1 amide bonds. The lowest BCUT2D eigenvalue weighted by molar-refractivity contribution is 0.133. The van der Waals surface area contributed by atoms with Crippen molar-refractivity contribution in [1.82, 2.24) is 4.90 Å². The number of methoxy groups -OCH3 is 1. The number of hydrogen-bond donors (Lipinski definition) is 0. The second kappa shape index (κ2) is 2.71. The lowest BCUT2D eigenvalue weighted by Crippen LogP contribution is -2.27. The second-order valence-electron chi connectivity index (χ2n) is 2.16. The van der Waals surface area contributed by atoms with Crippen molar-refractivity contribution < 1.29 is 9.53 Å².